The van der Waals surface area contributed by atoms with Gasteiger partial charge in [0.05, 0.1) is 5.92 Å². The van der Waals surface area contributed by atoms with Crippen molar-refractivity contribution in [2.75, 3.05) is 24.5 Å². The van der Waals surface area contributed by atoms with Gasteiger partial charge in [0.15, 0.2) is 0 Å². The topological polar surface area (TPSA) is 89.9 Å². The summed E-state index contributed by atoms with van der Waals surface area (Å²) in [6.07, 6.45) is 1.01. The third kappa shape index (κ3) is 3.13. The highest BCUT2D eigenvalue weighted by molar-refractivity contribution is 6.01. The Balaban J connectivity index is 1.58. The molecule has 0 aliphatic carbocycles. The van der Waals surface area contributed by atoms with Crippen molar-refractivity contribution in [2.24, 2.45) is 5.92 Å². The van der Waals surface area contributed by atoms with Crippen LogP contribution >= 0.6 is 0 Å². The van der Waals surface area contributed by atoms with Gasteiger partial charge < -0.3 is 20.2 Å². The van der Waals surface area contributed by atoms with Gasteiger partial charge in [-0.15, -0.1) is 0 Å². The Hall–Kier alpha value is -2.57. The van der Waals surface area contributed by atoms with Gasteiger partial charge in [0.1, 0.15) is 6.04 Å². The fourth-order valence-electron chi connectivity index (χ4n) is 3.06. The predicted octanol–water partition coefficient (Wildman–Crippen LogP) is 0.908. The van der Waals surface area contributed by atoms with Gasteiger partial charge >= 0.3 is 12.0 Å². The van der Waals surface area contributed by atoms with Crippen LogP contribution < -0.4 is 10.2 Å². The Morgan fingerprint density at radius 2 is 1.87 bits per heavy atom. The average molecular weight is 317 g/mol. The number of aliphatic carboxylic acids is 1. The average Bonchev–Trinajstić information content (AvgIpc) is 3.16. The van der Waals surface area contributed by atoms with E-state index in [0.29, 0.717) is 25.9 Å². The molecule has 0 aromatic heterocycles. The second-order valence-electron chi connectivity index (χ2n) is 5.89. The molecule has 2 aliphatic heterocycles. The molecule has 0 saturated carbocycles. The number of urea groups is 1. The summed E-state index contributed by atoms with van der Waals surface area (Å²) in [6, 6.07) is 8.43. The van der Waals surface area contributed by atoms with Crippen LogP contribution in [0.4, 0.5) is 10.5 Å². The maximum atomic E-state index is 12.4. The zero-order valence-corrected chi connectivity index (χ0v) is 12.6. The standard InChI is InChI=1S/C16H19N3O4/c20-14-13(7-9-19(14)12-4-2-1-3-5-12)17-16(23)18-8-6-11(10-18)15(21)22/h1-5,11,13H,6-10H2,(H,17,23)(H,21,22). The summed E-state index contributed by atoms with van der Waals surface area (Å²) in [6.45, 7) is 1.17. The first-order valence-electron chi connectivity index (χ1n) is 7.71. The molecule has 1 aromatic carbocycles. The Kier molecular flexibility index (Phi) is 4.18. The minimum absolute atomic E-state index is 0.126. The number of carboxylic acids is 1. The molecule has 1 aromatic rings. The number of para-hydroxylation sites is 1. The molecule has 2 unspecified atom stereocenters. The van der Waals surface area contributed by atoms with Crippen molar-refractivity contribution in [3.63, 3.8) is 0 Å². The second kappa shape index (κ2) is 6.28. The lowest BCUT2D eigenvalue weighted by Crippen LogP contribution is -2.47. The predicted molar refractivity (Wildman–Crippen MR) is 83.0 cm³/mol. The number of carboxylic acid groups (broad SMARTS) is 1. The number of carbonyl (C=O) groups is 3. The third-order valence-electron chi connectivity index (χ3n) is 4.40. The van der Waals surface area contributed by atoms with Crippen LogP contribution in [0.5, 0.6) is 0 Å². The fraction of sp³-hybridized carbons (Fsp3) is 0.438. The van der Waals surface area contributed by atoms with Crippen LogP contribution in [-0.4, -0.2) is 53.6 Å². The molecular formula is C16H19N3O4. The number of rotatable bonds is 3. The molecule has 2 saturated heterocycles. The van der Waals surface area contributed by atoms with Crippen molar-refractivity contribution in [1.29, 1.82) is 0 Å². The van der Waals surface area contributed by atoms with Crippen molar-refractivity contribution in [1.82, 2.24) is 10.2 Å². The lowest BCUT2D eigenvalue weighted by molar-refractivity contribution is -0.141. The SMILES string of the molecule is O=C(O)C1CCN(C(=O)NC2CCN(c3ccccc3)C2=O)C1. The van der Waals surface area contributed by atoms with Gasteiger partial charge in [0.25, 0.3) is 0 Å². The molecule has 7 heteroatoms. The van der Waals surface area contributed by atoms with Crippen LogP contribution in [0, 0.1) is 5.92 Å². The third-order valence-corrected chi connectivity index (χ3v) is 4.40. The quantitative estimate of drug-likeness (QED) is 0.867. The fourth-order valence-corrected chi connectivity index (χ4v) is 3.06. The molecule has 0 bridgehead atoms. The highest BCUT2D eigenvalue weighted by Crippen LogP contribution is 2.22. The molecule has 3 rings (SSSR count). The summed E-state index contributed by atoms with van der Waals surface area (Å²) < 4.78 is 0. The molecule has 2 fully saturated rings. The molecule has 3 amide bonds. The highest BCUT2D eigenvalue weighted by Gasteiger charge is 2.36. The molecule has 23 heavy (non-hydrogen) atoms. The van der Waals surface area contributed by atoms with Crippen molar-refractivity contribution in [3.8, 4) is 0 Å². The molecule has 2 aliphatic rings. The van der Waals surface area contributed by atoms with Gasteiger partial charge in [-0.3, -0.25) is 9.59 Å². The zero-order valence-electron chi connectivity index (χ0n) is 12.6. The van der Waals surface area contributed by atoms with E-state index in [1.165, 1.54) is 4.90 Å². The Morgan fingerprint density at radius 3 is 2.52 bits per heavy atom. The van der Waals surface area contributed by atoms with E-state index in [1.807, 2.05) is 30.3 Å². The maximum absolute atomic E-state index is 12.4. The number of hydrogen-bond donors (Lipinski definition) is 2. The Morgan fingerprint density at radius 1 is 1.13 bits per heavy atom. The maximum Gasteiger partial charge on any atom is 0.318 e. The number of nitrogens with zero attached hydrogens (tertiary/aromatic N) is 2. The summed E-state index contributed by atoms with van der Waals surface area (Å²) >= 11 is 0. The van der Waals surface area contributed by atoms with Gasteiger partial charge in [-0.05, 0) is 25.0 Å². The van der Waals surface area contributed by atoms with E-state index >= 15 is 0 Å². The second-order valence-corrected chi connectivity index (χ2v) is 5.89. The number of nitrogens with one attached hydrogen (secondary N) is 1. The van der Waals surface area contributed by atoms with Crippen molar-refractivity contribution in [3.05, 3.63) is 30.3 Å². The molecule has 2 heterocycles. The molecular weight excluding hydrogens is 298 g/mol. The zero-order chi connectivity index (χ0) is 16.4. The molecule has 0 radical (unpaired) electrons. The molecule has 122 valence electrons. The first-order valence-corrected chi connectivity index (χ1v) is 7.71. The molecule has 0 spiro atoms. The van der Waals surface area contributed by atoms with Crippen LogP contribution in [0.15, 0.2) is 30.3 Å². The van der Waals surface area contributed by atoms with Crippen LogP contribution in [0.2, 0.25) is 0 Å². The first-order chi connectivity index (χ1) is 11.1. The van der Waals surface area contributed by atoms with Crippen molar-refractivity contribution in [2.45, 2.75) is 18.9 Å². The van der Waals surface area contributed by atoms with E-state index in [4.69, 9.17) is 5.11 Å². The number of anilines is 1. The van der Waals surface area contributed by atoms with E-state index in [1.54, 1.807) is 4.90 Å². The van der Waals surface area contributed by atoms with Crippen molar-refractivity contribution < 1.29 is 19.5 Å². The van der Waals surface area contributed by atoms with E-state index < -0.39 is 17.9 Å². The largest absolute Gasteiger partial charge is 0.481 e. The van der Waals surface area contributed by atoms with E-state index in [-0.39, 0.29) is 18.5 Å². The highest BCUT2D eigenvalue weighted by atomic mass is 16.4. The number of amides is 3. The summed E-state index contributed by atoms with van der Waals surface area (Å²) in [5.74, 6) is -1.52. The molecule has 7 nitrogen and oxygen atoms in total. The van der Waals surface area contributed by atoms with Crippen LogP contribution in [0.3, 0.4) is 0 Å². The summed E-state index contributed by atoms with van der Waals surface area (Å²) in [5.41, 5.74) is 0.821. The smallest absolute Gasteiger partial charge is 0.318 e. The Bertz CT molecular complexity index is 619. The number of hydrogen-bond acceptors (Lipinski definition) is 3. The summed E-state index contributed by atoms with van der Waals surface area (Å²) in [7, 11) is 0. The van der Waals surface area contributed by atoms with Gasteiger partial charge in [0, 0.05) is 25.3 Å². The Labute approximate surface area is 133 Å². The van der Waals surface area contributed by atoms with Crippen molar-refractivity contribution >= 4 is 23.6 Å². The van der Waals surface area contributed by atoms with E-state index in [2.05, 4.69) is 5.32 Å². The van der Waals surface area contributed by atoms with Gasteiger partial charge in [-0.25, -0.2) is 4.79 Å². The lowest BCUT2D eigenvalue weighted by atomic mass is 10.1. The molecule has 2 N–H and O–H groups in total. The number of carbonyl (C=O) groups excluding carboxylic acids is 2. The molecule has 2 atom stereocenters. The van der Waals surface area contributed by atoms with Gasteiger partial charge in [-0.2, -0.15) is 0 Å². The first kappa shape index (κ1) is 15.3. The number of benzene rings is 1. The normalized spacial score (nSPS) is 24.1. The van der Waals surface area contributed by atoms with Gasteiger partial charge in [-0.1, -0.05) is 18.2 Å². The van der Waals surface area contributed by atoms with Crippen LogP contribution in [-0.2, 0) is 9.59 Å². The lowest BCUT2D eigenvalue weighted by Gasteiger charge is -2.20. The monoisotopic (exact) mass is 317 g/mol. The van der Waals surface area contributed by atoms with Gasteiger partial charge in [0.2, 0.25) is 5.91 Å². The minimum atomic E-state index is -0.882. The van der Waals surface area contributed by atoms with Crippen LogP contribution in [0.1, 0.15) is 12.8 Å². The van der Waals surface area contributed by atoms with E-state index in [0.717, 1.165) is 5.69 Å². The number of likely N-dealkylation sites (tertiary alicyclic amines) is 1. The summed E-state index contributed by atoms with van der Waals surface area (Å²) in [4.78, 5) is 38.7. The summed E-state index contributed by atoms with van der Waals surface area (Å²) in [5, 5.41) is 11.7. The van der Waals surface area contributed by atoms with Crippen LogP contribution in [0.25, 0.3) is 0 Å². The minimum Gasteiger partial charge on any atom is -0.481 e. The van der Waals surface area contributed by atoms with E-state index in [9.17, 15) is 14.4 Å².